The van der Waals surface area contributed by atoms with Crippen molar-refractivity contribution in [1.82, 2.24) is 0 Å². The summed E-state index contributed by atoms with van der Waals surface area (Å²) < 4.78 is 51.5. The van der Waals surface area contributed by atoms with Gasteiger partial charge in [-0.3, -0.25) is 9.10 Å². The summed E-state index contributed by atoms with van der Waals surface area (Å²) >= 11 is 0. The molecular weight excluding hydrogens is 350 g/mol. The number of aryl methyl sites for hydroxylation is 1. The molecule has 2 aromatic carbocycles. The molecule has 1 fully saturated rings. The summed E-state index contributed by atoms with van der Waals surface area (Å²) in [5.41, 5.74) is 1.69. The Bertz CT molecular complexity index is 945. The van der Waals surface area contributed by atoms with Crippen molar-refractivity contribution in [3.8, 4) is 0 Å². The lowest BCUT2D eigenvalue weighted by Crippen LogP contribution is -2.25. The first-order valence-electron chi connectivity index (χ1n) is 7.65. The van der Waals surface area contributed by atoms with Gasteiger partial charge in [0, 0.05) is 17.8 Å². The zero-order chi connectivity index (χ0) is 18.2. The Labute approximate surface area is 144 Å². The van der Waals surface area contributed by atoms with E-state index in [9.17, 15) is 22.0 Å². The molecule has 1 aliphatic heterocycles. The van der Waals surface area contributed by atoms with E-state index in [1.807, 2.05) is 0 Å². The van der Waals surface area contributed by atoms with E-state index in [-0.39, 0.29) is 11.3 Å². The van der Waals surface area contributed by atoms with Crippen LogP contribution in [0, 0.1) is 18.6 Å². The lowest BCUT2D eigenvalue weighted by atomic mass is 10.1. The number of halogens is 2. The highest BCUT2D eigenvalue weighted by Crippen LogP contribution is 2.29. The zero-order valence-corrected chi connectivity index (χ0v) is 14.2. The third kappa shape index (κ3) is 3.48. The molecule has 3 rings (SSSR count). The minimum Gasteiger partial charge on any atom is -0.322 e. The molecule has 0 spiro atoms. The van der Waals surface area contributed by atoms with Crippen LogP contribution >= 0.6 is 0 Å². The number of hydrogen-bond donors (Lipinski definition) is 1. The van der Waals surface area contributed by atoms with E-state index in [1.54, 1.807) is 25.1 Å². The van der Waals surface area contributed by atoms with Gasteiger partial charge in [-0.15, -0.1) is 0 Å². The molecule has 0 unspecified atom stereocenters. The van der Waals surface area contributed by atoms with E-state index >= 15 is 0 Å². The molecule has 1 aliphatic rings. The lowest BCUT2D eigenvalue weighted by molar-refractivity contribution is 0.102. The topological polar surface area (TPSA) is 66.5 Å². The van der Waals surface area contributed by atoms with Crippen molar-refractivity contribution in [2.24, 2.45) is 0 Å². The molecule has 8 heteroatoms. The Morgan fingerprint density at radius 2 is 1.88 bits per heavy atom. The highest BCUT2D eigenvalue weighted by Gasteiger charge is 2.29. The van der Waals surface area contributed by atoms with Crippen molar-refractivity contribution in [3.63, 3.8) is 0 Å². The second-order valence-electron chi connectivity index (χ2n) is 5.83. The van der Waals surface area contributed by atoms with Crippen LogP contribution in [0.1, 0.15) is 22.3 Å². The fraction of sp³-hybridized carbons (Fsp3) is 0.235. The van der Waals surface area contributed by atoms with E-state index in [1.165, 1.54) is 10.4 Å². The Balaban J connectivity index is 1.81. The maximum atomic E-state index is 13.2. The number of rotatable bonds is 3. The van der Waals surface area contributed by atoms with Gasteiger partial charge in [-0.2, -0.15) is 0 Å². The highest BCUT2D eigenvalue weighted by atomic mass is 32.2. The lowest BCUT2D eigenvalue weighted by Gasteiger charge is -2.20. The first-order valence-corrected chi connectivity index (χ1v) is 9.26. The van der Waals surface area contributed by atoms with Crippen molar-refractivity contribution in [3.05, 3.63) is 59.2 Å². The SMILES string of the molecule is Cc1cc(NC(=O)c2ccc(F)c(F)c2)ccc1N1CCCS1(=O)=O. The molecule has 1 amide bonds. The van der Waals surface area contributed by atoms with Crippen LogP contribution in [-0.2, 0) is 10.0 Å². The van der Waals surface area contributed by atoms with E-state index in [2.05, 4.69) is 5.32 Å². The summed E-state index contributed by atoms with van der Waals surface area (Å²) in [7, 11) is -3.28. The summed E-state index contributed by atoms with van der Waals surface area (Å²) in [5, 5.41) is 2.59. The number of amides is 1. The van der Waals surface area contributed by atoms with E-state index in [0.29, 0.717) is 29.9 Å². The monoisotopic (exact) mass is 366 g/mol. The fourth-order valence-corrected chi connectivity index (χ4v) is 4.39. The van der Waals surface area contributed by atoms with Crippen LogP contribution in [0.5, 0.6) is 0 Å². The molecule has 2 aromatic rings. The van der Waals surface area contributed by atoms with Crippen molar-refractivity contribution in [2.45, 2.75) is 13.3 Å². The number of sulfonamides is 1. The molecule has 0 aromatic heterocycles. The van der Waals surface area contributed by atoms with Gasteiger partial charge in [-0.25, -0.2) is 17.2 Å². The normalized spacial score (nSPS) is 16.0. The molecule has 1 heterocycles. The largest absolute Gasteiger partial charge is 0.322 e. The average molecular weight is 366 g/mol. The summed E-state index contributed by atoms with van der Waals surface area (Å²) in [5.74, 6) is -2.58. The predicted octanol–water partition coefficient (Wildman–Crippen LogP) is 3.07. The van der Waals surface area contributed by atoms with Gasteiger partial charge in [0.05, 0.1) is 11.4 Å². The Kier molecular flexibility index (Phi) is 4.47. The number of hydrogen-bond acceptors (Lipinski definition) is 3. The van der Waals surface area contributed by atoms with Gasteiger partial charge < -0.3 is 5.32 Å². The Morgan fingerprint density at radius 3 is 2.48 bits per heavy atom. The molecule has 0 bridgehead atoms. The number of anilines is 2. The summed E-state index contributed by atoms with van der Waals surface area (Å²) in [6.45, 7) is 2.18. The van der Waals surface area contributed by atoms with Crippen LogP contribution in [0.4, 0.5) is 20.2 Å². The summed E-state index contributed by atoms with van der Waals surface area (Å²) in [6.07, 6.45) is 0.580. The van der Waals surface area contributed by atoms with Crippen molar-refractivity contribution < 1.29 is 22.0 Å². The molecule has 132 valence electrons. The molecule has 1 saturated heterocycles. The maximum absolute atomic E-state index is 13.2. The van der Waals surface area contributed by atoms with Crippen molar-refractivity contribution in [1.29, 1.82) is 0 Å². The number of nitrogens with one attached hydrogen (secondary N) is 1. The number of carbonyl (C=O) groups excluding carboxylic acids is 1. The molecular formula is C17H16F2N2O3S. The maximum Gasteiger partial charge on any atom is 0.255 e. The van der Waals surface area contributed by atoms with Crippen LogP contribution in [0.15, 0.2) is 36.4 Å². The zero-order valence-electron chi connectivity index (χ0n) is 13.4. The standard InChI is InChI=1S/C17H16F2N2O3S/c1-11-9-13(4-6-16(11)21-7-2-8-25(21,23)24)20-17(22)12-3-5-14(18)15(19)10-12/h3-6,9-10H,2,7-8H2,1H3,(H,20,22). The van der Waals surface area contributed by atoms with E-state index in [0.717, 1.165) is 12.1 Å². The predicted molar refractivity (Wildman–Crippen MR) is 91.2 cm³/mol. The molecule has 0 atom stereocenters. The Hall–Kier alpha value is -2.48. The minimum absolute atomic E-state index is 0.0113. The molecule has 5 nitrogen and oxygen atoms in total. The van der Waals surface area contributed by atoms with Crippen LogP contribution in [0.2, 0.25) is 0 Å². The molecule has 0 saturated carbocycles. The third-order valence-corrected chi connectivity index (χ3v) is 5.86. The van der Waals surface area contributed by atoms with Gasteiger partial charge in [0.2, 0.25) is 10.0 Å². The molecule has 25 heavy (non-hydrogen) atoms. The third-order valence-electron chi connectivity index (χ3n) is 4.00. The van der Waals surface area contributed by atoms with Gasteiger partial charge >= 0.3 is 0 Å². The van der Waals surface area contributed by atoms with Gasteiger partial charge in [0.1, 0.15) is 0 Å². The molecule has 0 aliphatic carbocycles. The van der Waals surface area contributed by atoms with Crippen LogP contribution in [-0.4, -0.2) is 26.6 Å². The number of carbonyl (C=O) groups is 1. The van der Waals surface area contributed by atoms with Gasteiger partial charge in [-0.1, -0.05) is 0 Å². The Morgan fingerprint density at radius 1 is 1.12 bits per heavy atom. The van der Waals surface area contributed by atoms with Crippen LogP contribution in [0.3, 0.4) is 0 Å². The summed E-state index contributed by atoms with van der Waals surface area (Å²) in [6, 6.07) is 7.74. The average Bonchev–Trinajstić information content (AvgIpc) is 2.89. The van der Waals surface area contributed by atoms with Crippen molar-refractivity contribution in [2.75, 3.05) is 21.9 Å². The van der Waals surface area contributed by atoms with Gasteiger partial charge in [-0.05, 0) is 55.3 Å². The van der Waals surface area contributed by atoms with Crippen LogP contribution < -0.4 is 9.62 Å². The van der Waals surface area contributed by atoms with E-state index in [4.69, 9.17) is 0 Å². The second-order valence-corrected chi connectivity index (χ2v) is 7.84. The first-order chi connectivity index (χ1) is 11.8. The first kappa shape index (κ1) is 17.3. The molecule has 1 N–H and O–H groups in total. The number of nitrogens with zero attached hydrogens (tertiary/aromatic N) is 1. The summed E-state index contributed by atoms with van der Waals surface area (Å²) in [4.78, 5) is 12.1. The fourth-order valence-electron chi connectivity index (χ4n) is 2.76. The highest BCUT2D eigenvalue weighted by molar-refractivity contribution is 7.93. The quantitative estimate of drug-likeness (QED) is 0.908. The van der Waals surface area contributed by atoms with Crippen molar-refractivity contribution >= 4 is 27.3 Å². The van der Waals surface area contributed by atoms with E-state index < -0.39 is 27.6 Å². The molecule has 0 radical (unpaired) electrons. The minimum atomic E-state index is -3.28. The van der Waals surface area contributed by atoms with Gasteiger partial charge in [0.25, 0.3) is 5.91 Å². The number of benzene rings is 2. The second kappa shape index (κ2) is 6.44. The van der Waals surface area contributed by atoms with Gasteiger partial charge in [0.15, 0.2) is 11.6 Å². The smallest absolute Gasteiger partial charge is 0.255 e. The van der Waals surface area contributed by atoms with Crippen LogP contribution in [0.25, 0.3) is 0 Å².